The van der Waals surface area contributed by atoms with Gasteiger partial charge >= 0.3 is 7.12 Å². The Morgan fingerprint density at radius 1 is 1.05 bits per heavy atom. The monoisotopic (exact) mass is 296 g/mol. The molecule has 0 bridgehead atoms. The number of aryl methyl sites for hydroxylation is 1. The second-order valence-corrected chi connectivity index (χ2v) is 4.54. The van der Waals surface area contributed by atoms with Crippen molar-refractivity contribution in [2.24, 2.45) is 0 Å². The Bertz CT molecular complexity index is 662. The summed E-state index contributed by atoms with van der Waals surface area (Å²) in [5.74, 6) is -2.52. The maximum absolute atomic E-state index is 13.2. The zero-order valence-corrected chi connectivity index (χ0v) is 11.1. The van der Waals surface area contributed by atoms with E-state index in [4.69, 9.17) is 4.74 Å². The minimum absolute atomic E-state index is 0.0461. The van der Waals surface area contributed by atoms with Gasteiger partial charge in [-0.25, -0.2) is 13.2 Å². The van der Waals surface area contributed by atoms with Gasteiger partial charge in [-0.05, 0) is 41.7 Å². The molecule has 0 aliphatic carbocycles. The Morgan fingerprint density at radius 3 is 2.38 bits per heavy atom. The summed E-state index contributed by atoms with van der Waals surface area (Å²) in [6.45, 7) is 1.41. The molecular weight excluding hydrogens is 284 g/mol. The zero-order valence-electron chi connectivity index (χ0n) is 11.1. The summed E-state index contributed by atoms with van der Waals surface area (Å²) in [6.07, 6.45) is 0. The fourth-order valence-corrected chi connectivity index (χ4v) is 1.88. The van der Waals surface area contributed by atoms with Crippen molar-refractivity contribution in [2.75, 3.05) is 0 Å². The molecule has 0 aromatic heterocycles. The third-order valence-corrected chi connectivity index (χ3v) is 2.99. The van der Waals surface area contributed by atoms with Crippen LogP contribution < -0.4 is 10.2 Å². The van der Waals surface area contributed by atoms with E-state index in [1.165, 1.54) is 6.07 Å². The first kappa shape index (κ1) is 15.4. The molecule has 0 heterocycles. The SMILES string of the molecule is Cc1cc(F)c(F)cc1OCc1ccc(F)cc1B(O)O. The predicted molar refractivity (Wildman–Crippen MR) is 71.7 cm³/mol. The molecule has 0 aliphatic rings. The number of halogens is 3. The maximum atomic E-state index is 13.2. The molecule has 0 spiro atoms. The summed E-state index contributed by atoms with van der Waals surface area (Å²) >= 11 is 0. The van der Waals surface area contributed by atoms with Crippen LogP contribution in [0.5, 0.6) is 5.75 Å². The first-order chi connectivity index (χ1) is 9.88. The Morgan fingerprint density at radius 2 is 1.71 bits per heavy atom. The van der Waals surface area contributed by atoms with E-state index >= 15 is 0 Å². The van der Waals surface area contributed by atoms with Crippen molar-refractivity contribution in [3.05, 3.63) is 58.9 Å². The van der Waals surface area contributed by atoms with Crippen molar-refractivity contribution in [2.45, 2.75) is 13.5 Å². The number of rotatable bonds is 4. The summed E-state index contributed by atoms with van der Waals surface area (Å²) < 4.78 is 44.6. The Labute approximate surface area is 119 Å². The van der Waals surface area contributed by atoms with Crippen LogP contribution in [0, 0.1) is 24.4 Å². The third kappa shape index (κ3) is 3.56. The van der Waals surface area contributed by atoms with E-state index in [-0.39, 0.29) is 17.8 Å². The second-order valence-electron chi connectivity index (χ2n) is 4.54. The van der Waals surface area contributed by atoms with E-state index in [1.807, 2.05) is 0 Å². The highest BCUT2D eigenvalue weighted by molar-refractivity contribution is 6.59. The highest BCUT2D eigenvalue weighted by atomic mass is 19.2. The van der Waals surface area contributed by atoms with Crippen LogP contribution in [0.25, 0.3) is 0 Å². The largest absolute Gasteiger partial charge is 0.489 e. The van der Waals surface area contributed by atoms with Crippen molar-refractivity contribution in [3.63, 3.8) is 0 Å². The third-order valence-electron chi connectivity index (χ3n) is 2.99. The molecule has 0 saturated carbocycles. The van der Waals surface area contributed by atoms with E-state index in [2.05, 4.69) is 0 Å². The van der Waals surface area contributed by atoms with Gasteiger partial charge in [0.25, 0.3) is 0 Å². The average Bonchev–Trinajstić information content (AvgIpc) is 2.42. The fourth-order valence-electron chi connectivity index (χ4n) is 1.88. The normalized spacial score (nSPS) is 10.6. The number of hydrogen-bond donors (Lipinski definition) is 2. The van der Waals surface area contributed by atoms with E-state index in [0.717, 1.165) is 24.3 Å². The van der Waals surface area contributed by atoms with Gasteiger partial charge in [0.1, 0.15) is 18.2 Å². The molecule has 2 aromatic carbocycles. The van der Waals surface area contributed by atoms with Gasteiger partial charge in [0.2, 0.25) is 0 Å². The zero-order chi connectivity index (χ0) is 15.6. The molecule has 0 aliphatic heterocycles. The van der Waals surface area contributed by atoms with E-state index in [1.54, 1.807) is 6.92 Å². The molecule has 3 nitrogen and oxygen atoms in total. The van der Waals surface area contributed by atoms with E-state index < -0.39 is 24.6 Å². The first-order valence-corrected chi connectivity index (χ1v) is 6.11. The number of benzene rings is 2. The molecule has 2 rings (SSSR count). The Kier molecular flexibility index (Phi) is 4.54. The van der Waals surface area contributed by atoms with Crippen LogP contribution in [0.1, 0.15) is 11.1 Å². The van der Waals surface area contributed by atoms with Crippen molar-refractivity contribution >= 4 is 12.6 Å². The summed E-state index contributed by atoms with van der Waals surface area (Å²) in [7, 11) is -1.86. The topological polar surface area (TPSA) is 49.7 Å². The van der Waals surface area contributed by atoms with Crippen LogP contribution in [-0.4, -0.2) is 17.2 Å². The maximum Gasteiger partial charge on any atom is 0.488 e. The summed E-state index contributed by atoms with van der Waals surface area (Å²) in [6, 6.07) is 5.35. The van der Waals surface area contributed by atoms with Crippen LogP contribution in [0.2, 0.25) is 0 Å². The quantitative estimate of drug-likeness (QED) is 0.844. The van der Waals surface area contributed by atoms with Gasteiger partial charge in [-0.3, -0.25) is 0 Å². The molecular formula is C14H12BF3O3. The van der Waals surface area contributed by atoms with Crippen LogP contribution in [-0.2, 0) is 6.61 Å². The van der Waals surface area contributed by atoms with Crippen molar-refractivity contribution in [1.29, 1.82) is 0 Å². The number of ether oxygens (including phenoxy) is 1. The van der Waals surface area contributed by atoms with Crippen LogP contribution in [0.4, 0.5) is 13.2 Å². The molecule has 0 radical (unpaired) electrons. The van der Waals surface area contributed by atoms with Crippen LogP contribution in [0.15, 0.2) is 30.3 Å². The van der Waals surface area contributed by atoms with Gasteiger partial charge in [0.05, 0.1) is 0 Å². The summed E-state index contributed by atoms with van der Waals surface area (Å²) in [5.41, 5.74) is 0.674. The molecule has 2 aromatic rings. The van der Waals surface area contributed by atoms with Gasteiger partial charge < -0.3 is 14.8 Å². The predicted octanol–water partition coefficient (Wildman–Crippen LogP) is 1.67. The molecule has 7 heteroatoms. The molecule has 2 N–H and O–H groups in total. The van der Waals surface area contributed by atoms with Gasteiger partial charge in [0, 0.05) is 6.07 Å². The molecule has 0 atom stereocenters. The lowest BCUT2D eigenvalue weighted by Crippen LogP contribution is -2.34. The molecule has 0 saturated heterocycles. The second kappa shape index (κ2) is 6.20. The standard InChI is InChI=1S/C14H12BF3O3/c1-8-4-12(17)13(18)6-14(8)21-7-9-2-3-10(16)5-11(9)15(19)20/h2-6,19-20H,7H2,1H3. The van der Waals surface area contributed by atoms with Crippen LogP contribution >= 0.6 is 0 Å². The Balaban J connectivity index is 2.23. The van der Waals surface area contributed by atoms with Crippen LogP contribution in [0.3, 0.4) is 0 Å². The lowest BCUT2D eigenvalue weighted by Gasteiger charge is -2.13. The van der Waals surface area contributed by atoms with E-state index in [9.17, 15) is 23.2 Å². The average molecular weight is 296 g/mol. The van der Waals surface area contributed by atoms with Crippen molar-refractivity contribution in [1.82, 2.24) is 0 Å². The molecule has 110 valence electrons. The highest BCUT2D eigenvalue weighted by Gasteiger charge is 2.17. The lowest BCUT2D eigenvalue weighted by atomic mass is 9.77. The van der Waals surface area contributed by atoms with Crippen molar-refractivity contribution < 1.29 is 28.0 Å². The molecule has 0 unspecified atom stereocenters. The highest BCUT2D eigenvalue weighted by Crippen LogP contribution is 2.22. The molecule has 0 fully saturated rings. The smallest absolute Gasteiger partial charge is 0.488 e. The summed E-state index contributed by atoms with van der Waals surface area (Å²) in [5, 5.41) is 18.4. The van der Waals surface area contributed by atoms with Gasteiger partial charge in [-0.2, -0.15) is 0 Å². The lowest BCUT2D eigenvalue weighted by molar-refractivity contribution is 0.301. The van der Waals surface area contributed by atoms with Crippen molar-refractivity contribution in [3.8, 4) is 5.75 Å². The van der Waals surface area contributed by atoms with E-state index in [0.29, 0.717) is 11.1 Å². The fraction of sp³-hybridized carbons (Fsp3) is 0.143. The van der Waals surface area contributed by atoms with Gasteiger partial charge in [-0.1, -0.05) is 6.07 Å². The summed E-state index contributed by atoms with van der Waals surface area (Å²) in [4.78, 5) is 0. The molecule has 21 heavy (non-hydrogen) atoms. The molecule has 0 amide bonds. The van der Waals surface area contributed by atoms with Gasteiger partial charge in [-0.15, -0.1) is 0 Å². The first-order valence-electron chi connectivity index (χ1n) is 6.11. The van der Waals surface area contributed by atoms with Gasteiger partial charge in [0.15, 0.2) is 11.6 Å². The number of hydrogen-bond acceptors (Lipinski definition) is 3. The minimum atomic E-state index is -1.86. The minimum Gasteiger partial charge on any atom is -0.489 e. The Hall–Kier alpha value is -1.99.